The van der Waals surface area contributed by atoms with Crippen LogP contribution in [-0.2, 0) is 28.7 Å². The molecule has 22 heavy (non-hydrogen) atoms. The van der Waals surface area contributed by atoms with E-state index in [2.05, 4.69) is 14.8 Å². The third-order valence-corrected chi connectivity index (χ3v) is 3.65. The fourth-order valence-corrected chi connectivity index (χ4v) is 2.38. The third-order valence-electron chi connectivity index (χ3n) is 2.36. The molecule has 0 heterocycles. The van der Waals surface area contributed by atoms with E-state index in [0.717, 1.165) is 26.0 Å². The molecule has 11 heteroatoms. The lowest BCUT2D eigenvalue weighted by atomic mass is 10.2. The van der Waals surface area contributed by atoms with E-state index in [1.807, 2.05) is 0 Å². The number of carbonyl (C=O) groups excluding carboxylic acids is 4. The van der Waals surface area contributed by atoms with E-state index in [0.29, 0.717) is 0 Å². The maximum atomic E-state index is 11.5. The molecule has 2 amide bonds. The highest BCUT2D eigenvalue weighted by atomic mass is 32.2. The number of alkyl carbamates (subject to hydrolysis) is 1. The van der Waals surface area contributed by atoms with Crippen molar-refractivity contribution in [2.75, 3.05) is 20.0 Å². The van der Waals surface area contributed by atoms with Gasteiger partial charge in [0.05, 0.1) is 14.2 Å². The minimum atomic E-state index is -1.69. The molecule has 4 N–H and O–H groups in total. The molecule has 0 spiro atoms. The van der Waals surface area contributed by atoms with Crippen LogP contribution in [0.15, 0.2) is 0 Å². The molecule has 0 radical (unpaired) electrons. The molecule has 0 bridgehead atoms. The molecule has 2 atom stereocenters. The number of carboxylic acid groups (broad SMARTS) is 1. The van der Waals surface area contributed by atoms with Gasteiger partial charge in [-0.1, -0.05) is 0 Å². The number of Topliss-reactive ketones (excluding diaryl/α,β-unsaturated/α-hetero) is 1. The highest BCUT2D eigenvalue weighted by Gasteiger charge is 2.29. The van der Waals surface area contributed by atoms with Crippen LogP contribution in [0.3, 0.4) is 0 Å². The van der Waals surface area contributed by atoms with Gasteiger partial charge >= 0.3 is 18.0 Å². The maximum absolute atomic E-state index is 11.5. The molecule has 0 fully saturated rings. The molecule has 10 nitrogen and oxygen atoms in total. The minimum absolute atomic E-state index is 0.170. The number of nitrogens with two attached hydrogens (primary N) is 1. The first-order chi connectivity index (χ1) is 10.2. The second-order valence-electron chi connectivity index (χ2n) is 3.87. The quantitative estimate of drug-likeness (QED) is 0.336. The fraction of sp³-hybridized carbons (Fsp3) is 0.545. The monoisotopic (exact) mass is 336 g/mol. The Morgan fingerprint density at radius 3 is 2.18 bits per heavy atom. The average molecular weight is 336 g/mol. The van der Waals surface area contributed by atoms with Gasteiger partial charge in [0, 0.05) is 12.2 Å². The van der Waals surface area contributed by atoms with E-state index in [4.69, 9.17) is 10.8 Å². The number of carbonyl (C=O) groups is 5. The SMILES string of the molecule is COC(=O)NC(CSC(CC(=O)C(=O)O)C(=O)OC)C(N)=O. The van der Waals surface area contributed by atoms with Crippen molar-refractivity contribution in [3.05, 3.63) is 0 Å². The maximum Gasteiger partial charge on any atom is 0.407 e. The second-order valence-corrected chi connectivity index (χ2v) is 5.10. The van der Waals surface area contributed by atoms with Crippen LogP contribution in [0.1, 0.15) is 6.42 Å². The Kier molecular flexibility index (Phi) is 8.60. The van der Waals surface area contributed by atoms with Gasteiger partial charge in [-0.25, -0.2) is 9.59 Å². The fourth-order valence-electron chi connectivity index (χ4n) is 1.21. The molecule has 0 saturated heterocycles. The number of methoxy groups -OCH3 is 2. The van der Waals surface area contributed by atoms with E-state index in [1.54, 1.807) is 0 Å². The Morgan fingerprint density at radius 1 is 1.18 bits per heavy atom. The van der Waals surface area contributed by atoms with Gasteiger partial charge in [-0.15, -0.1) is 11.8 Å². The Balaban J connectivity index is 4.80. The zero-order chi connectivity index (χ0) is 17.3. The number of primary amides is 1. The molecule has 0 rings (SSSR count). The number of nitrogens with one attached hydrogen (secondary N) is 1. The van der Waals surface area contributed by atoms with Gasteiger partial charge in [-0.3, -0.25) is 14.4 Å². The summed E-state index contributed by atoms with van der Waals surface area (Å²) in [6.45, 7) is 0. The summed E-state index contributed by atoms with van der Waals surface area (Å²) in [6, 6.07) is -1.16. The summed E-state index contributed by atoms with van der Waals surface area (Å²) >= 11 is 0.759. The molecule has 0 aliphatic carbocycles. The summed E-state index contributed by atoms with van der Waals surface area (Å²) in [7, 11) is 2.16. The summed E-state index contributed by atoms with van der Waals surface area (Å²) in [4.78, 5) is 55.5. The van der Waals surface area contributed by atoms with Crippen LogP contribution in [0.4, 0.5) is 4.79 Å². The Bertz CT molecular complexity index is 467. The van der Waals surface area contributed by atoms with Crippen molar-refractivity contribution in [3.63, 3.8) is 0 Å². The molecule has 2 unspecified atom stereocenters. The van der Waals surface area contributed by atoms with Crippen LogP contribution in [0, 0.1) is 0 Å². The summed E-state index contributed by atoms with van der Waals surface area (Å²) in [5.41, 5.74) is 5.08. The lowest BCUT2D eigenvalue weighted by molar-refractivity contribution is -0.150. The molecule has 0 saturated carbocycles. The number of ether oxygens (including phenoxy) is 2. The Hall–Kier alpha value is -2.30. The van der Waals surface area contributed by atoms with Crippen LogP contribution >= 0.6 is 11.8 Å². The van der Waals surface area contributed by atoms with Gasteiger partial charge in [0.2, 0.25) is 11.7 Å². The molecule has 0 aromatic heterocycles. The topological polar surface area (TPSA) is 162 Å². The Morgan fingerprint density at radius 2 is 1.77 bits per heavy atom. The zero-order valence-corrected chi connectivity index (χ0v) is 12.7. The summed E-state index contributed by atoms with van der Waals surface area (Å²) in [5, 5.41) is 9.54. The standard InChI is InChI=1S/C11H16N2O8S/c1-20-10(18)7(3-6(14)9(16)17)22-4-5(8(12)15)13-11(19)21-2/h5,7H,3-4H2,1-2H3,(H2,12,15)(H,13,19)(H,16,17). The number of thioether (sulfide) groups is 1. The predicted octanol–water partition coefficient (Wildman–Crippen LogP) is -1.49. The third kappa shape index (κ3) is 6.92. The van der Waals surface area contributed by atoms with Crippen molar-refractivity contribution in [2.45, 2.75) is 17.7 Å². The van der Waals surface area contributed by atoms with E-state index in [9.17, 15) is 24.0 Å². The van der Waals surface area contributed by atoms with E-state index < -0.39 is 47.4 Å². The number of rotatable bonds is 9. The summed E-state index contributed by atoms with van der Waals surface area (Å²) in [5.74, 6) is -4.75. The van der Waals surface area contributed by atoms with Crippen molar-refractivity contribution >= 4 is 41.5 Å². The molecular weight excluding hydrogens is 320 g/mol. The first-order valence-corrected chi connectivity index (χ1v) is 6.87. The average Bonchev–Trinajstić information content (AvgIpc) is 2.47. The number of hydrogen-bond acceptors (Lipinski definition) is 8. The van der Waals surface area contributed by atoms with Gasteiger partial charge in [-0.2, -0.15) is 0 Å². The van der Waals surface area contributed by atoms with Gasteiger partial charge in [-0.05, 0) is 0 Å². The first-order valence-electron chi connectivity index (χ1n) is 5.82. The van der Waals surface area contributed by atoms with E-state index >= 15 is 0 Å². The van der Waals surface area contributed by atoms with Crippen LogP contribution in [0.5, 0.6) is 0 Å². The number of esters is 1. The molecule has 0 aliphatic rings. The molecule has 0 aromatic carbocycles. The molecular formula is C11H16N2O8S. The van der Waals surface area contributed by atoms with E-state index in [-0.39, 0.29) is 5.75 Å². The summed E-state index contributed by atoms with van der Waals surface area (Å²) in [6.07, 6.45) is -1.52. The van der Waals surface area contributed by atoms with Crippen LogP contribution in [-0.4, -0.2) is 66.1 Å². The minimum Gasteiger partial charge on any atom is -0.476 e. The van der Waals surface area contributed by atoms with Crippen molar-refractivity contribution in [3.8, 4) is 0 Å². The van der Waals surface area contributed by atoms with Crippen LogP contribution in [0.25, 0.3) is 0 Å². The Labute approximate surface area is 129 Å². The highest BCUT2D eigenvalue weighted by Crippen LogP contribution is 2.18. The van der Waals surface area contributed by atoms with Crippen molar-refractivity contribution in [1.82, 2.24) is 5.32 Å². The number of amides is 2. The largest absolute Gasteiger partial charge is 0.476 e. The molecule has 0 aliphatic heterocycles. The molecule has 0 aromatic rings. The lowest BCUT2D eigenvalue weighted by Gasteiger charge is -2.17. The number of carboxylic acids is 1. The molecule has 124 valence electrons. The second kappa shape index (κ2) is 9.60. The van der Waals surface area contributed by atoms with Gasteiger partial charge in [0.15, 0.2) is 0 Å². The smallest absolute Gasteiger partial charge is 0.407 e. The van der Waals surface area contributed by atoms with E-state index in [1.165, 1.54) is 0 Å². The van der Waals surface area contributed by atoms with Crippen molar-refractivity contribution in [1.29, 1.82) is 0 Å². The normalized spacial score (nSPS) is 12.6. The van der Waals surface area contributed by atoms with Crippen molar-refractivity contribution < 1.29 is 38.6 Å². The zero-order valence-electron chi connectivity index (χ0n) is 11.9. The van der Waals surface area contributed by atoms with Crippen molar-refractivity contribution in [2.24, 2.45) is 5.73 Å². The van der Waals surface area contributed by atoms with Gasteiger partial charge < -0.3 is 25.6 Å². The predicted molar refractivity (Wildman–Crippen MR) is 74.0 cm³/mol. The lowest BCUT2D eigenvalue weighted by Crippen LogP contribution is -2.46. The van der Waals surface area contributed by atoms with Gasteiger partial charge in [0.1, 0.15) is 11.3 Å². The number of ketones is 1. The van der Waals surface area contributed by atoms with Crippen LogP contribution < -0.4 is 11.1 Å². The number of hydrogen-bond donors (Lipinski definition) is 3. The first kappa shape index (κ1) is 19.7. The highest BCUT2D eigenvalue weighted by molar-refractivity contribution is 8.00. The summed E-state index contributed by atoms with van der Waals surface area (Å²) < 4.78 is 8.77. The van der Waals surface area contributed by atoms with Gasteiger partial charge in [0.25, 0.3) is 0 Å². The number of aliphatic carboxylic acids is 1. The van der Waals surface area contributed by atoms with Crippen LogP contribution in [0.2, 0.25) is 0 Å².